The van der Waals surface area contributed by atoms with Gasteiger partial charge in [0, 0.05) is 23.7 Å². The number of hydrogen-bond acceptors (Lipinski definition) is 4. The number of likely N-dealkylation sites (tertiary alicyclic amines) is 1. The van der Waals surface area contributed by atoms with Gasteiger partial charge in [-0.15, -0.1) is 0 Å². The molecule has 0 aliphatic carbocycles. The lowest BCUT2D eigenvalue weighted by molar-refractivity contribution is -0.137. The number of aromatic nitrogens is 1. The summed E-state index contributed by atoms with van der Waals surface area (Å²) in [6, 6.07) is 9.36. The number of carbonyl (C=O) groups excluding carboxylic acids is 2. The first kappa shape index (κ1) is 16.4. The Morgan fingerprint density at radius 2 is 2.08 bits per heavy atom. The number of hydrogen-bond donors (Lipinski definition) is 0. The highest BCUT2D eigenvalue weighted by molar-refractivity contribution is 6.04. The molecule has 1 aromatic carbocycles. The minimum atomic E-state index is -0.477. The number of nitrogens with zero attached hydrogens (tertiary/aromatic N) is 2. The van der Waals surface area contributed by atoms with Crippen molar-refractivity contribution >= 4 is 22.8 Å². The Balaban J connectivity index is 1.72. The molecule has 2 aromatic rings. The van der Waals surface area contributed by atoms with Crippen LogP contribution in [0.1, 0.15) is 42.2 Å². The number of ether oxygens (including phenoxy) is 1. The minimum Gasteiger partial charge on any atom is -0.452 e. The normalized spacial score (nSPS) is 17.8. The van der Waals surface area contributed by atoms with Gasteiger partial charge in [-0.25, -0.2) is 4.79 Å². The highest BCUT2D eigenvalue weighted by Gasteiger charge is 2.24. The van der Waals surface area contributed by atoms with Crippen LogP contribution in [0.15, 0.2) is 30.3 Å². The third-order valence-electron chi connectivity index (χ3n) is 4.51. The summed E-state index contributed by atoms with van der Waals surface area (Å²) in [7, 11) is 0. The highest BCUT2D eigenvalue weighted by Crippen LogP contribution is 2.20. The van der Waals surface area contributed by atoms with Crippen LogP contribution >= 0.6 is 0 Å². The second-order valence-electron chi connectivity index (χ2n) is 6.34. The van der Waals surface area contributed by atoms with Crippen LogP contribution in [0.2, 0.25) is 0 Å². The Hall–Kier alpha value is -2.43. The minimum absolute atomic E-state index is 0.120. The number of piperidine rings is 1. The molecule has 2 heterocycles. The molecular formula is C19H22N2O3. The molecule has 0 bridgehead atoms. The van der Waals surface area contributed by atoms with Gasteiger partial charge in [0.15, 0.2) is 6.61 Å². The predicted molar refractivity (Wildman–Crippen MR) is 91.8 cm³/mol. The van der Waals surface area contributed by atoms with Gasteiger partial charge in [-0.2, -0.15) is 0 Å². The molecule has 0 radical (unpaired) electrons. The van der Waals surface area contributed by atoms with E-state index in [0.717, 1.165) is 42.4 Å². The molecule has 5 heteroatoms. The Labute approximate surface area is 141 Å². The molecule has 1 atom stereocenters. The van der Waals surface area contributed by atoms with Crippen LogP contribution < -0.4 is 0 Å². The van der Waals surface area contributed by atoms with E-state index in [1.165, 1.54) is 0 Å². The van der Waals surface area contributed by atoms with Crippen LogP contribution in [0.4, 0.5) is 0 Å². The van der Waals surface area contributed by atoms with Gasteiger partial charge in [-0.3, -0.25) is 9.78 Å². The van der Waals surface area contributed by atoms with Crippen LogP contribution in [0, 0.1) is 6.92 Å². The van der Waals surface area contributed by atoms with Gasteiger partial charge in [0.25, 0.3) is 5.91 Å². The molecule has 0 N–H and O–H groups in total. The molecule has 1 aliphatic rings. The maximum absolute atomic E-state index is 12.5. The summed E-state index contributed by atoms with van der Waals surface area (Å²) >= 11 is 0. The number of fused-ring (bicyclic) bond motifs is 1. The van der Waals surface area contributed by atoms with Crippen LogP contribution in [-0.2, 0) is 9.53 Å². The number of carbonyl (C=O) groups is 2. The SMILES string of the molecule is Cc1cc(C(=O)OCC(=O)N2CCCC[C@@H]2C)c2ccccc2n1. The fourth-order valence-electron chi connectivity index (χ4n) is 3.23. The fraction of sp³-hybridized carbons (Fsp3) is 0.421. The van der Waals surface area contributed by atoms with E-state index in [2.05, 4.69) is 4.98 Å². The van der Waals surface area contributed by atoms with Crippen molar-refractivity contribution < 1.29 is 14.3 Å². The number of para-hydroxylation sites is 1. The maximum Gasteiger partial charge on any atom is 0.339 e. The Morgan fingerprint density at radius 3 is 2.88 bits per heavy atom. The molecule has 1 saturated heterocycles. The third kappa shape index (κ3) is 3.40. The third-order valence-corrected chi connectivity index (χ3v) is 4.51. The van der Waals surface area contributed by atoms with E-state index in [9.17, 15) is 9.59 Å². The van der Waals surface area contributed by atoms with Crippen LogP contribution in [-0.4, -0.2) is 41.0 Å². The van der Waals surface area contributed by atoms with Gasteiger partial charge < -0.3 is 9.64 Å². The summed E-state index contributed by atoms with van der Waals surface area (Å²) in [5.74, 6) is -0.597. The number of pyridine rings is 1. The summed E-state index contributed by atoms with van der Waals surface area (Å²) in [4.78, 5) is 31.0. The Morgan fingerprint density at radius 1 is 1.29 bits per heavy atom. The van der Waals surface area contributed by atoms with Gasteiger partial charge in [-0.05, 0) is 45.2 Å². The highest BCUT2D eigenvalue weighted by atomic mass is 16.5. The second-order valence-corrected chi connectivity index (χ2v) is 6.34. The van der Waals surface area contributed by atoms with Crippen LogP contribution in [0.5, 0.6) is 0 Å². The zero-order chi connectivity index (χ0) is 17.1. The van der Waals surface area contributed by atoms with Crippen molar-refractivity contribution in [3.05, 3.63) is 41.6 Å². The average Bonchev–Trinajstić information content (AvgIpc) is 2.59. The molecule has 1 aromatic heterocycles. The lowest BCUT2D eigenvalue weighted by atomic mass is 10.0. The topological polar surface area (TPSA) is 59.5 Å². The van der Waals surface area contributed by atoms with Gasteiger partial charge in [-0.1, -0.05) is 18.2 Å². The van der Waals surface area contributed by atoms with E-state index >= 15 is 0 Å². The molecule has 1 aliphatic heterocycles. The van der Waals surface area contributed by atoms with Crippen LogP contribution in [0.25, 0.3) is 10.9 Å². The number of esters is 1. The van der Waals surface area contributed by atoms with Gasteiger partial charge >= 0.3 is 5.97 Å². The van der Waals surface area contributed by atoms with Crippen molar-refractivity contribution in [3.8, 4) is 0 Å². The summed E-state index contributed by atoms with van der Waals surface area (Å²) < 4.78 is 5.30. The lowest BCUT2D eigenvalue weighted by Gasteiger charge is -2.33. The van der Waals surface area contributed by atoms with Crippen LogP contribution in [0.3, 0.4) is 0 Å². The fourth-order valence-corrected chi connectivity index (χ4v) is 3.23. The van der Waals surface area contributed by atoms with E-state index in [4.69, 9.17) is 4.74 Å². The first-order valence-electron chi connectivity index (χ1n) is 8.39. The number of benzene rings is 1. The van der Waals surface area contributed by atoms with Crippen molar-refractivity contribution in [1.82, 2.24) is 9.88 Å². The van der Waals surface area contributed by atoms with Gasteiger partial charge in [0.05, 0.1) is 11.1 Å². The number of amides is 1. The molecule has 1 fully saturated rings. The first-order chi connectivity index (χ1) is 11.6. The second kappa shape index (κ2) is 6.99. The molecule has 1 amide bonds. The predicted octanol–water partition coefficient (Wildman–Crippen LogP) is 3.10. The van der Waals surface area contributed by atoms with E-state index in [0.29, 0.717) is 5.56 Å². The van der Waals surface area contributed by atoms with Gasteiger partial charge in [0.2, 0.25) is 0 Å². The zero-order valence-corrected chi connectivity index (χ0v) is 14.1. The Bertz CT molecular complexity index is 772. The van der Waals surface area contributed by atoms with E-state index in [-0.39, 0.29) is 18.6 Å². The zero-order valence-electron chi connectivity index (χ0n) is 14.1. The smallest absolute Gasteiger partial charge is 0.339 e. The molecule has 0 spiro atoms. The number of rotatable bonds is 3. The summed E-state index contributed by atoms with van der Waals surface area (Å²) in [5, 5.41) is 0.742. The molecule has 0 saturated carbocycles. The van der Waals surface area contributed by atoms with Crippen molar-refractivity contribution in [3.63, 3.8) is 0 Å². The van der Waals surface area contributed by atoms with Gasteiger partial charge in [0.1, 0.15) is 0 Å². The first-order valence-corrected chi connectivity index (χ1v) is 8.39. The molecule has 24 heavy (non-hydrogen) atoms. The van der Waals surface area contributed by atoms with Crippen molar-refractivity contribution in [2.24, 2.45) is 0 Å². The number of aryl methyl sites for hydroxylation is 1. The average molecular weight is 326 g/mol. The summed E-state index contributed by atoms with van der Waals surface area (Å²) in [6.07, 6.45) is 3.17. The lowest BCUT2D eigenvalue weighted by Crippen LogP contribution is -2.44. The van der Waals surface area contributed by atoms with Crippen molar-refractivity contribution in [1.29, 1.82) is 0 Å². The molecular weight excluding hydrogens is 304 g/mol. The van der Waals surface area contributed by atoms with E-state index in [1.54, 1.807) is 6.07 Å². The molecule has 3 rings (SSSR count). The quantitative estimate of drug-likeness (QED) is 0.813. The molecule has 0 unspecified atom stereocenters. The van der Waals surface area contributed by atoms with Crippen molar-refractivity contribution in [2.45, 2.75) is 39.2 Å². The Kier molecular flexibility index (Phi) is 4.79. The summed E-state index contributed by atoms with van der Waals surface area (Å²) in [6.45, 7) is 4.41. The standard InChI is InChI=1S/C19H22N2O3/c1-13-11-16(15-8-3-4-9-17(15)20-13)19(23)24-12-18(22)21-10-6-5-7-14(21)2/h3-4,8-9,11,14H,5-7,10,12H2,1-2H3/t14-/m0/s1. The molecule has 126 valence electrons. The van der Waals surface area contributed by atoms with E-state index in [1.807, 2.05) is 43.0 Å². The largest absolute Gasteiger partial charge is 0.452 e. The molecule has 5 nitrogen and oxygen atoms in total. The van der Waals surface area contributed by atoms with Crippen molar-refractivity contribution in [2.75, 3.05) is 13.2 Å². The maximum atomic E-state index is 12.5. The monoisotopic (exact) mass is 326 g/mol. The summed E-state index contributed by atoms with van der Waals surface area (Å²) in [5.41, 5.74) is 1.95. The van der Waals surface area contributed by atoms with E-state index < -0.39 is 5.97 Å².